The third-order valence-corrected chi connectivity index (χ3v) is 10.5. The third kappa shape index (κ3) is 5.53. The van der Waals surface area contributed by atoms with Gasteiger partial charge in [-0.2, -0.15) is 0 Å². The van der Waals surface area contributed by atoms with Crippen molar-refractivity contribution in [1.29, 1.82) is 0 Å². The Morgan fingerprint density at radius 1 is 0.333 bits per heavy atom. The van der Waals surface area contributed by atoms with E-state index in [2.05, 4.69) is 228 Å². The van der Waals surface area contributed by atoms with Crippen LogP contribution < -0.4 is 4.90 Å². The number of para-hydroxylation sites is 1. The minimum absolute atomic E-state index is 1.11. The van der Waals surface area contributed by atoms with Crippen molar-refractivity contribution in [2.75, 3.05) is 4.90 Å². The largest absolute Gasteiger partial charge is 0.310 e. The van der Waals surface area contributed by atoms with Gasteiger partial charge in [0, 0.05) is 33.4 Å². The summed E-state index contributed by atoms with van der Waals surface area (Å²) >= 11 is 0. The van der Waals surface area contributed by atoms with Crippen molar-refractivity contribution in [3.8, 4) is 39.2 Å². The van der Waals surface area contributed by atoms with E-state index < -0.39 is 0 Å². The van der Waals surface area contributed by atoms with Gasteiger partial charge in [0.15, 0.2) is 0 Å². The summed E-state index contributed by atoms with van der Waals surface area (Å²) in [6.45, 7) is 0. The van der Waals surface area contributed by atoms with E-state index in [0.717, 1.165) is 22.7 Å². The van der Waals surface area contributed by atoms with Crippen molar-refractivity contribution < 1.29 is 0 Å². The molecule has 254 valence electrons. The predicted molar refractivity (Wildman–Crippen MR) is 229 cm³/mol. The van der Waals surface area contributed by atoms with Gasteiger partial charge in [0.2, 0.25) is 0 Å². The molecule has 0 spiro atoms. The Balaban J connectivity index is 1.16. The summed E-state index contributed by atoms with van der Waals surface area (Å²) in [5.41, 5.74) is 12.9. The van der Waals surface area contributed by atoms with Crippen LogP contribution in [-0.4, -0.2) is 4.57 Å². The molecule has 9 aromatic carbocycles. The van der Waals surface area contributed by atoms with Gasteiger partial charge in [-0.05, 0) is 93.0 Å². The minimum Gasteiger partial charge on any atom is -0.310 e. The predicted octanol–water partition coefficient (Wildman–Crippen LogP) is 14.4. The number of nitrogens with zero attached hydrogens (tertiary/aromatic N) is 2. The van der Waals surface area contributed by atoms with E-state index in [1.54, 1.807) is 0 Å². The minimum atomic E-state index is 1.11. The molecule has 0 aliphatic rings. The zero-order chi connectivity index (χ0) is 35.8. The van der Waals surface area contributed by atoms with E-state index in [-0.39, 0.29) is 0 Å². The van der Waals surface area contributed by atoms with Gasteiger partial charge in [-0.1, -0.05) is 164 Å². The van der Waals surface area contributed by atoms with Crippen molar-refractivity contribution in [3.05, 3.63) is 218 Å². The normalized spacial score (nSPS) is 11.3. The van der Waals surface area contributed by atoms with Crippen LogP contribution in [0.2, 0.25) is 0 Å². The van der Waals surface area contributed by atoms with Crippen LogP contribution in [0.1, 0.15) is 0 Å². The summed E-state index contributed by atoms with van der Waals surface area (Å²) < 4.78 is 2.45. The maximum Gasteiger partial charge on any atom is 0.0619 e. The maximum absolute atomic E-state index is 2.45. The molecule has 0 radical (unpaired) electrons. The first-order valence-electron chi connectivity index (χ1n) is 18.5. The molecule has 2 nitrogen and oxygen atoms in total. The molecule has 1 aromatic heterocycles. The first-order valence-corrected chi connectivity index (χ1v) is 18.5. The monoisotopic (exact) mass is 688 g/mol. The molecule has 0 aliphatic carbocycles. The van der Waals surface area contributed by atoms with Gasteiger partial charge in [0.1, 0.15) is 0 Å². The highest BCUT2D eigenvalue weighted by Gasteiger charge is 2.22. The number of aromatic nitrogens is 1. The molecule has 1 heterocycles. The summed E-state index contributed by atoms with van der Waals surface area (Å²) in [5.74, 6) is 0. The quantitative estimate of drug-likeness (QED) is 0.162. The zero-order valence-corrected chi connectivity index (χ0v) is 29.7. The van der Waals surface area contributed by atoms with E-state index in [1.165, 1.54) is 66.0 Å². The average Bonchev–Trinajstić information content (AvgIpc) is 3.59. The molecule has 0 saturated heterocycles. The van der Waals surface area contributed by atoms with Gasteiger partial charge >= 0.3 is 0 Å². The van der Waals surface area contributed by atoms with E-state index >= 15 is 0 Å². The fourth-order valence-electron chi connectivity index (χ4n) is 8.03. The second-order valence-electron chi connectivity index (χ2n) is 13.8. The molecular weight excluding hydrogens is 653 g/mol. The number of fused-ring (bicyclic) bond motifs is 3. The lowest BCUT2D eigenvalue weighted by molar-refractivity contribution is 1.14. The number of anilines is 3. The van der Waals surface area contributed by atoms with Crippen LogP contribution in [0.5, 0.6) is 0 Å². The number of hydrogen-bond acceptors (Lipinski definition) is 1. The third-order valence-electron chi connectivity index (χ3n) is 10.5. The zero-order valence-electron chi connectivity index (χ0n) is 29.7. The molecule has 0 aliphatic heterocycles. The second-order valence-corrected chi connectivity index (χ2v) is 13.8. The molecule has 54 heavy (non-hydrogen) atoms. The smallest absolute Gasteiger partial charge is 0.0619 e. The summed E-state index contributed by atoms with van der Waals surface area (Å²) in [7, 11) is 0. The summed E-state index contributed by atoms with van der Waals surface area (Å²) in [6, 6.07) is 78.9. The van der Waals surface area contributed by atoms with E-state index in [9.17, 15) is 0 Å². The van der Waals surface area contributed by atoms with Crippen molar-refractivity contribution in [3.63, 3.8) is 0 Å². The lowest BCUT2D eigenvalue weighted by Gasteiger charge is -2.27. The highest BCUT2D eigenvalue weighted by molar-refractivity contribution is 6.07. The Bertz CT molecular complexity index is 2900. The van der Waals surface area contributed by atoms with Gasteiger partial charge < -0.3 is 9.47 Å². The fraction of sp³-hybridized carbons (Fsp3) is 0. The Kier molecular flexibility index (Phi) is 7.85. The Morgan fingerprint density at radius 2 is 0.926 bits per heavy atom. The Labute approximate surface area is 315 Å². The Hall–Kier alpha value is -7.16. The summed E-state index contributed by atoms with van der Waals surface area (Å²) in [5, 5.41) is 6.12. The van der Waals surface area contributed by atoms with Gasteiger partial charge in [-0.3, -0.25) is 0 Å². The first-order chi connectivity index (χ1) is 26.8. The van der Waals surface area contributed by atoms with Crippen LogP contribution in [0.3, 0.4) is 0 Å². The van der Waals surface area contributed by atoms with Gasteiger partial charge in [-0.25, -0.2) is 0 Å². The van der Waals surface area contributed by atoms with Gasteiger partial charge in [0.05, 0.1) is 16.9 Å². The fourth-order valence-corrected chi connectivity index (χ4v) is 8.03. The summed E-state index contributed by atoms with van der Waals surface area (Å²) in [6.07, 6.45) is 0. The van der Waals surface area contributed by atoms with Crippen LogP contribution >= 0.6 is 0 Å². The van der Waals surface area contributed by atoms with Crippen LogP contribution in [0.4, 0.5) is 17.1 Å². The SMILES string of the molecule is c1ccc(-c2c(-c3ccccc3)n(-c3ccc4ccccc4c3)c3ccc(-c4ccc(N(c5ccccc5)c5cccc6ccccc56)cc4)cc23)cc1. The molecular formula is C52H36N2. The van der Waals surface area contributed by atoms with Gasteiger partial charge in [-0.15, -0.1) is 0 Å². The molecule has 0 unspecified atom stereocenters. The molecule has 0 amide bonds. The molecule has 2 heteroatoms. The Morgan fingerprint density at radius 3 is 1.69 bits per heavy atom. The molecule has 10 aromatic rings. The van der Waals surface area contributed by atoms with Crippen LogP contribution in [0, 0.1) is 0 Å². The molecule has 0 atom stereocenters. The highest BCUT2D eigenvalue weighted by Crippen LogP contribution is 2.45. The topological polar surface area (TPSA) is 8.17 Å². The van der Waals surface area contributed by atoms with Crippen molar-refractivity contribution in [2.24, 2.45) is 0 Å². The van der Waals surface area contributed by atoms with E-state index in [4.69, 9.17) is 0 Å². The van der Waals surface area contributed by atoms with Crippen molar-refractivity contribution >= 4 is 49.5 Å². The molecule has 10 rings (SSSR count). The molecule has 0 saturated carbocycles. The first kappa shape index (κ1) is 31.6. The average molecular weight is 689 g/mol. The number of rotatable bonds is 7. The van der Waals surface area contributed by atoms with Crippen LogP contribution in [0.15, 0.2) is 218 Å². The van der Waals surface area contributed by atoms with Crippen molar-refractivity contribution in [2.45, 2.75) is 0 Å². The molecule has 0 fully saturated rings. The lowest BCUT2D eigenvalue weighted by Crippen LogP contribution is -2.10. The van der Waals surface area contributed by atoms with Crippen molar-refractivity contribution in [1.82, 2.24) is 4.57 Å². The number of benzene rings is 9. The van der Waals surface area contributed by atoms with Gasteiger partial charge in [0.25, 0.3) is 0 Å². The number of hydrogen-bond donors (Lipinski definition) is 0. The second kappa shape index (κ2) is 13.4. The molecule has 0 bridgehead atoms. The molecule has 0 N–H and O–H groups in total. The van der Waals surface area contributed by atoms with Crippen LogP contribution in [0.25, 0.3) is 71.6 Å². The van der Waals surface area contributed by atoms with Crippen LogP contribution in [-0.2, 0) is 0 Å². The maximum atomic E-state index is 2.45. The highest BCUT2D eigenvalue weighted by atomic mass is 15.1. The lowest BCUT2D eigenvalue weighted by atomic mass is 9.96. The summed E-state index contributed by atoms with van der Waals surface area (Å²) in [4.78, 5) is 2.36. The van der Waals surface area contributed by atoms with E-state index in [1.807, 2.05) is 0 Å². The standard InChI is InChI=1S/C52H36N2/c1-4-17-40(18-5-1)51-48-36-43(30-34-50(48)54(52(51)41-19-6-2-7-20-41)46-33-29-37-15-10-11-21-42(37)35-46)38-27-31-45(32-28-38)53(44-23-8-3-9-24-44)49-26-14-22-39-16-12-13-25-47(39)49/h1-36H. The van der Waals surface area contributed by atoms with E-state index in [0.29, 0.717) is 0 Å².